The second kappa shape index (κ2) is 10.4. The number of nitrogens with one attached hydrogen (secondary N) is 2. The minimum Gasteiger partial charge on any atom is -0.388 e. The molecule has 6 heteroatoms. The van der Waals surface area contributed by atoms with Crippen molar-refractivity contribution in [1.29, 1.82) is 0 Å². The van der Waals surface area contributed by atoms with Gasteiger partial charge < -0.3 is 25.5 Å². The molecule has 25 heavy (non-hydrogen) atoms. The molecule has 0 bridgehead atoms. The molecule has 0 aromatic heterocycles. The second-order valence-electron chi connectivity index (χ2n) is 7.03. The number of urea groups is 1. The molecule has 0 radical (unpaired) electrons. The number of carbonyl (C=O) groups is 1. The molecular formula is C19H32N4O2. The van der Waals surface area contributed by atoms with E-state index in [0.717, 1.165) is 44.6 Å². The van der Waals surface area contributed by atoms with Gasteiger partial charge in [-0.05, 0) is 38.9 Å². The van der Waals surface area contributed by atoms with E-state index in [1.54, 1.807) is 0 Å². The predicted octanol–water partition coefficient (Wildman–Crippen LogP) is 1.44. The highest BCUT2D eigenvalue weighted by Gasteiger charge is 2.20. The van der Waals surface area contributed by atoms with Crippen LogP contribution in [0.5, 0.6) is 0 Å². The van der Waals surface area contributed by atoms with Gasteiger partial charge in [0.2, 0.25) is 0 Å². The Bertz CT molecular complexity index is 501. The van der Waals surface area contributed by atoms with Crippen LogP contribution in [0.3, 0.4) is 0 Å². The van der Waals surface area contributed by atoms with Crippen LogP contribution in [0.15, 0.2) is 30.3 Å². The Hall–Kier alpha value is -1.63. The third-order valence-electron chi connectivity index (χ3n) is 4.67. The second-order valence-corrected chi connectivity index (χ2v) is 7.03. The van der Waals surface area contributed by atoms with Crippen LogP contribution in [0, 0.1) is 0 Å². The normalized spacial score (nSPS) is 17.4. The lowest BCUT2D eigenvalue weighted by Gasteiger charge is -2.32. The summed E-state index contributed by atoms with van der Waals surface area (Å²) in [6.07, 6.45) is 1.96. The zero-order valence-corrected chi connectivity index (χ0v) is 15.4. The van der Waals surface area contributed by atoms with Gasteiger partial charge in [0, 0.05) is 38.8 Å². The third-order valence-corrected chi connectivity index (χ3v) is 4.67. The standard InChI is InChI=1S/C19H32N4O2/c1-22(2)14-15-23-12-9-17(10-13-23)21-19(25)20-11-8-18(24)16-6-4-3-5-7-16/h3-7,17-18,24H,8-15H2,1-2H3,(H2,20,21,25). The lowest BCUT2D eigenvalue weighted by Crippen LogP contribution is -2.48. The highest BCUT2D eigenvalue weighted by atomic mass is 16.3. The quantitative estimate of drug-likeness (QED) is 0.665. The molecule has 1 aromatic carbocycles. The zero-order chi connectivity index (χ0) is 18.1. The van der Waals surface area contributed by atoms with Gasteiger partial charge in [0.1, 0.15) is 0 Å². The Morgan fingerprint density at radius 1 is 1.28 bits per heavy atom. The Balaban J connectivity index is 1.58. The van der Waals surface area contributed by atoms with Crippen LogP contribution in [0.4, 0.5) is 4.79 Å². The van der Waals surface area contributed by atoms with Gasteiger partial charge in [-0.15, -0.1) is 0 Å². The topological polar surface area (TPSA) is 67.8 Å². The summed E-state index contributed by atoms with van der Waals surface area (Å²) in [6.45, 7) is 4.69. The molecule has 1 atom stereocenters. The van der Waals surface area contributed by atoms with Crippen molar-refractivity contribution in [3.05, 3.63) is 35.9 Å². The van der Waals surface area contributed by atoms with E-state index in [0.29, 0.717) is 13.0 Å². The van der Waals surface area contributed by atoms with Crippen LogP contribution in [-0.2, 0) is 0 Å². The summed E-state index contributed by atoms with van der Waals surface area (Å²) in [4.78, 5) is 16.6. The summed E-state index contributed by atoms with van der Waals surface area (Å²) in [6, 6.07) is 9.64. The van der Waals surface area contributed by atoms with E-state index in [-0.39, 0.29) is 12.1 Å². The lowest BCUT2D eigenvalue weighted by molar-refractivity contribution is 0.165. The summed E-state index contributed by atoms with van der Waals surface area (Å²) in [7, 11) is 4.18. The van der Waals surface area contributed by atoms with E-state index in [9.17, 15) is 9.90 Å². The van der Waals surface area contributed by atoms with Gasteiger partial charge in [-0.3, -0.25) is 0 Å². The minimum absolute atomic E-state index is 0.132. The fraction of sp³-hybridized carbons (Fsp3) is 0.632. The first kappa shape index (κ1) is 19.7. The largest absolute Gasteiger partial charge is 0.388 e. The van der Waals surface area contributed by atoms with Gasteiger partial charge in [-0.2, -0.15) is 0 Å². The Morgan fingerprint density at radius 3 is 2.60 bits per heavy atom. The van der Waals surface area contributed by atoms with E-state index in [4.69, 9.17) is 0 Å². The number of carbonyl (C=O) groups excluding carboxylic acids is 1. The molecule has 6 nitrogen and oxygen atoms in total. The number of aliphatic hydroxyl groups excluding tert-OH is 1. The number of hydrogen-bond donors (Lipinski definition) is 3. The van der Waals surface area contributed by atoms with Crippen molar-refractivity contribution in [1.82, 2.24) is 20.4 Å². The molecule has 1 fully saturated rings. The molecule has 1 unspecified atom stereocenters. The first-order chi connectivity index (χ1) is 12.0. The first-order valence-electron chi connectivity index (χ1n) is 9.19. The van der Waals surface area contributed by atoms with Crippen molar-refractivity contribution in [2.24, 2.45) is 0 Å². The van der Waals surface area contributed by atoms with Crippen LogP contribution in [0.25, 0.3) is 0 Å². The molecule has 1 aromatic rings. The third kappa shape index (κ3) is 7.42. The molecule has 0 aliphatic carbocycles. The van der Waals surface area contributed by atoms with Gasteiger partial charge >= 0.3 is 6.03 Å². The number of nitrogens with zero attached hydrogens (tertiary/aromatic N) is 2. The van der Waals surface area contributed by atoms with Crippen LogP contribution in [0.1, 0.15) is 30.9 Å². The molecule has 1 aliphatic rings. The Morgan fingerprint density at radius 2 is 1.96 bits per heavy atom. The number of amides is 2. The Kier molecular flexibility index (Phi) is 8.18. The number of benzene rings is 1. The lowest BCUT2D eigenvalue weighted by atomic mass is 10.1. The molecular weight excluding hydrogens is 316 g/mol. The number of likely N-dealkylation sites (N-methyl/N-ethyl adjacent to an activating group) is 1. The zero-order valence-electron chi connectivity index (χ0n) is 15.4. The monoisotopic (exact) mass is 348 g/mol. The molecule has 2 amide bonds. The van der Waals surface area contributed by atoms with Gasteiger partial charge in [0.05, 0.1) is 6.10 Å². The summed E-state index contributed by atoms with van der Waals surface area (Å²) in [5.41, 5.74) is 0.884. The smallest absolute Gasteiger partial charge is 0.315 e. The van der Waals surface area contributed by atoms with Crippen molar-refractivity contribution < 1.29 is 9.90 Å². The molecule has 2 rings (SSSR count). The van der Waals surface area contributed by atoms with Crippen LogP contribution in [-0.4, -0.2) is 73.8 Å². The van der Waals surface area contributed by atoms with Crippen LogP contribution < -0.4 is 10.6 Å². The van der Waals surface area contributed by atoms with E-state index in [1.807, 2.05) is 30.3 Å². The van der Waals surface area contributed by atoms with Crippen LogP contribution in [0.2, 0.25) is 0 Å². The van der Waals surface area contributed by atoms with Crippen LogP contribution >= 0.6 is 0 Å². The fourth-order valence-electron chi connectivity index (χ4n) is 3.04. The van der Waals surface area contributed by atoms with E-state index >= 15 is 0 Å². The van der Waals surface area contributed by atoms with Crippen molar-refractivity contribution in [3.8, 4) is 0 Å². The predicted molar refractivity (Wildman–Crippen MR) is 101 cm³/mol. The first-order valence-corrected chi connectivity index (χ1v) is 9.19. The molecule has 1 heterocycles. The molecule has 1 saturated heterocycles. The number of rotatable bonds is 8. The van der Waals surface area contributed by atoms with Crippen molar-refractivity contribution in [3.63, 3.8) is 0 Å². The minimum atomic E-state index is -0.540. The number of aliphatic hydroxyl groups is 1. The van der Waals surface area contributed by atoms with Gasteiger partial charge in [-0.25, -0.2) is 4.79 Å². The van der Waals surface area contributed by atoms with Gasteiger partial charge in [0.25, 0.3) is 0 Å². The maximum atomic E-state index is 12.0. The molecule has 3 N–H and O–H groups in total. The number of likely N-dealkylation sites (tertiary alicyclic amines) is 1. The van der Waals surface area contributed by atoms with Crippen molar-refractivity contribution in [2.75, 3.05) is 46.8 Å². The summed E-state index contributed by atoms with van der Waals surface area (Å²) >= 11 is 0. The number of hydrogen-bond acceptors (Lipinski definition) is 4. The summed E-state index contributed by atoms with van der Waals surface area (Å²) in [5, 5.41) is 16.0. The summed E-state index contributed by atoms with van der Waals surface area (Å²) < 4.78 is 0. The highest BCUT2D eigenvalue weighted by Crippen LogP contribution is 2.15. The highest BCUT2D eigenvalue weighted by molar-refractivity contribution is 5.74. The maximum absolute atomic E-state index is 12.0. The molecule has 0 spiro atoms. The van der Waals surface area contributed by atoms with Crippen molar-refractivity contribution in [2.45, 2.75) is 31.4 Å². The average molecular weight is 348 g/mol. The van der Waals surface area contributed by atoms with E-state index in [2.05, 4.69) is 34.5 Å². The molecule has 0 saturated carbocycles. The SMILES string of the molecule is CN(C)CCN1CCC(NC(=O)NCCC(O)c2ccccc2)CC1. The van der Waals surface area contributed by atoms with E-state index < -0.39 is 6.10 Å². The fourth-order valence-corrected chi connectivity index (χ4v) is 3.04. The molecule has 1 aliphatic heterocycles. The van der Waals surface area contributed by atoms with Crippen molar-refractivity contribution >= 4 is 6.03 Å². The maximum Gasteiger partial charge on any atom is 0.315 e. The van der Waals surface area contributed by atoms with E-state index in [1.165, 1.54) is 0 Å². The number of piperidine rings is 1. The Labute approximate surface area is 151 Å². The molecule has 140 valence electrons. The van der Waals surface area contributed by atoms with Gasteiger partial charge in [-0.1, -0.05) is 30.3 Å². The average Bonchev–Trinajstić information content (AvgIpc) is 2.61. The van der Waals surface area contributed by atoms with Gasteiger partial charge in [0.15, 0.2) is 0 Å². The summed E-state index contributed by atoms with van der Waals surface area (Å²) in [5.74, 6) is 0.